The van der Waals surface area contributed by atoms with Crippen LogP contribution in [0.3, 0.4) is 0 Å². The first-order valence-corrected chi connectivity index (χ1v) is 9.43. The smallest absolute Gasteiger partial charge is 0.263 e. The van der Waals surface area contributed by atoms with Crippen LogP contribution in [0.25, 0.3) is 5.69 Å². The SMILES string of the molecule is Cc1nn(-c2ccccc2)c(C)c1CN(C)C(=O)C(C)Oc1ccc(C#N)cc1. The summed E-state index contributed by atoms with van der Waals surface area (Å²) < 4.78 is 7.65. The third-order valence-electron chi connectivity index (χ3n) is 4.86. The minimum atomic E-state index is -0.641. The predicted octanol–water partition coefficient (Wildman–Crippen LogP) is 3.79. The van der Waals surface area contributed by atoms with E-state index >= 15 is 0 Å². The lowest BCUT2D eigenvalue weighted by Crippen LogP contribution is -2.37. The van der Waals surface area contributed by atoms with Crippen molar-refractivity contribution < 1.29 is 9.53 Å². The fourth-order valence-corrected chi connectivity index (χ4v) is 3.21. The van der Waals surface area contributed by atoms with Crippen molar-refractivity contribution in [1.82, 2.24) is 14.7 Å². The topological polar surface area (TPSA) is 71.2 Å². The van der Waals surface area contributed by atoms with Gasteiger partial charge in [0.2, 0.25) is 0 Å². The molecule has 3 rings (SSSR count). The normalized spacial score (nSPS) is 11.6. The zero-order chi connectivity index (χ0) is 21.0. The van der Waals surface area contributed by atoms with Crippen LogP contribution in [0, 0.1) is 25.2 Å². The fraction of sp³-hybridized carbons (Fsp3) is 0.261. The number of rotatable bonds is 6. The summed E-state index contributed by atoms with van der Waals surface area (Å²) in [7, 11) is 1.76. The molecule has 1 amide bonds. The number of amides is 1. The van der Waals surface area contributed by atoms with Crippen LogP contribution in [0.2, 0.25) is 0 Å². The number of nitriles is 1. The molecule has 6 heteroatoms. The number of carbonyl (C=O) groups excluding carboxylic acids is 1. The molecule has 1 unspecified atom stereocenters. The maximum atomic E-state index is 12.8. The molecular formula is C23H24N4O2. The van der Waals surface area contributed by atoms with Crippen LogP contribution in [0.15, 0.2) is 54.6 Å². The summed E-state index contributed by atoms with van der Waals surface area (Å²) in [6, 6.07) is 18.7. The number of hydrogen-bond donors (Lipinski definition) is 0. The average molecular weight is 388 g/mol. The predicted molar refractivity (Wildman–Crippen MR) is 111 cm³/mol. The minimum Gasteiger partial charge on any atom is -0.481 e. The summed E-state index contributed by atoms with van der Waals surface area (Å²) in [5.41, 5.74) is 4.47. The van der Waals surface area contributed by atoms with Crippen molar-refractivity contribution in [3.8, 4) is 17.5 Å². The number of hydrogen-bond acceptors (Lipinski definition) is 4. The molecule has 0 bridgehead atoms. The zero-order valence-corrected chi connectivity index (χ0v) is 17.1. The largest absolute Gasteiger partial charge is 0.481 e. The molecule has 3 aromatic rings. The Labute approximate surface area is 170 Å². The highest BCUT2D eigenvalue weighted by molar-refractivity contribution is 5.80. The monoisotopic (exact) mass is 388 g/mol. The third kappa shape index (κ3) is 4.46. The first-order chi connectivity index (χ1) is 13.9. The average Bonchev–Trinajstić information content (AvgIpc) is 3.02. The summed E-state index contributed by atoms with van der Waals surface area (Å²) in [6.07, 6.45) is -0.641. The molecule has 1 aromatic heterocycles. The summed E-state index contributed by atoms with van der Waals surface area (Å²) in [5.74, 6) is 0.433. The molecule has 1 atom stereocenters. The number of nitrogens with zero attached hydrogens (tertiary/aromatic N) is 4. The van der Waals surface area contributed by atoms with Gasteiger partial charge in [0.15, 0.2) is 6.10 Å². The summed E-state index contributed by atoms with van der Waals surface area (Å²) in [6.45, 7) is 6.14. The first kappa shape index (κ1) is 20.2. The molecule has 0 aliphatic carbocycles. The van der Waals surface area contributed by atoms with E-state index in [0.29, 0.717) is 17.9 Å². The Balaban J connectivity index is 1.70. The van der Waals surface area contributed by atoms with Crippen molar-refractivity contribution >= 4 is 5.91 Å². The number of aromatic nitrogens is 2. The second-order valence-corrected chi connectivity index (χ2v) is 6.99. The van der Waals surface area contributed by atoms with E-state index in [2.05, 4.69) is 11.2 Å². The standard InChI is InChI=1S/C23H24N4O2/c1-16-22(17(2)27(25-16)20-8-6-5-7-9-20)15-26(4)23(28)18(3)29-21-12-10-19(14-24)11-13-21/h5-13,18H,15H2,1-4H3. The number of aryl methyl sites for hydroxylation is 1. The summed E-state index contributed by atoms with van der Waals surface area (Å²) >= 11 is 0. The van der Waals surface area contributed by atoms with Gasteiger partial charge < -0.3 is 9.64 Å². The van der Waals surface area contributed by atoms with E-state index in [9.17, 15) is 4.79 Å². The Hall–Kier alpha value is -3.59. The number of ether oxygens (including phenoxy) is 1. The van der Waals surface area contributed by atoms with Crippen molar-refractivity contribution in [3.63, 3.8) is 0 Å². The Morgan fingerprint density at radius 2 is 1.83 bits per heavy atom. The van der Waals surface area contributed by atoms with E-state index in [1.807, 2.05) is 48.9 Å². The number of benzene rings is 2. The third-order valence-corrected chi connectivity index (χ3v) is 4.86. The molecule has 0 spiro atoms. The van der Waals surface area contributed by atoms with Crippen LogP contribution in [0.5, 0.6) is 5.75 Å². The van der Waals surface area contributed by atoms with Crippen LogP contribution in [-0.4, -0.2) is 33.7 Å². The van der Waals surface area contributed by atoms with Gasteiger partial charge in [0.25, 0.3) is 5.91 Å². The van der Waals surface area contributed by atoms with E-state index in [1.54, 1.807) is 43.1 Å². The molecule has 0 fully saturated rings. The van der Waals surface area contributed by atoms with Crippen molar-refractivity contribution in [1.29, 1.82) is 5.26 Å². The molecule has 0 N–H and O–H groups in total. The number of carbonyl (C=O) groups is 1. The maximum Gasteiger partial charge on any atom is 0.263 e. The van der Waals surface area contributed by atoms with Gasteiger partial charge >= 0.3 is 0 Å². The molecule has 6 nitrogen and oxygen atoms in total. The van der Waals surface area contributed by atoms with Crippen LogP contribution in [0.1, 0.15) is 29.4 Å². The van der Waals surface area contributed by atoms with Gasteiger partial charge in [-0.25, -0.2) is 4.68 Å². The lowest BCUT2D eigenvalue weighted by atomic mass is 10.1. The Kier molecular flexibility index (Phi) is 5.99. The first-order valence-electron chi connectivity index (χ1n) is 9.43. The highest BCUT2D eigenvalue weighted by Gasteiger charge is 2.22. The molecular weight excluding hydrogens is 364 g/mol. The van der Waals surface area contributed by atoms with Crippen LogP contribution in [0.4, 0.5) is 0 Å². The van der Waals surface area contributed by atoms with Crippen LogP contribution >= 0.6 is 0 Å². The maximum absolute atomic E-state index is 12.8. The fourth-order valence-electron chi connectivity index (χ4n) is 3.21. The molecule has 1 heterocycles. The molecule has 0 aliphatic heterocycles. The van der Waals surface area contributed by atoms with E-state index in [1.165, 1.54) is 0 Å². The highest BCUT2D eigenvalue weighted by Crippen LogP contribution is 2.20. The van der Waals surface area contributed by atoms with Crippen molar-refractivity contribution in [2.24, 2.45) is 0 Å². The Morgan fingerprint density at radius 1 is 1.17 bits per heavy atom. The van der Waals surface area contributed by atoms with Gasteiger partial charge in [0.05, 0.1) is 23.0 Å². The van der Waals surface area contributed by atoms with Crippen LogP contribution < -0.4 is 4.74 Å². The van der Waals surface area contributed by atoms with E-state index in [0.717, 1.165) is 22.6 Å². The van der Waals surface area contributed by atoms with E-state index in [-0.39, 0.29) is 5.91 Å². The molecule has 29 heavy (non-hydrogen) atoms. The van der Waals surface area contributed by atoms with Crippen molar-refractivity contribution in [2.45, 2.75) is 33.4 Å². The zero-order valence-electron chi connectivity index (χ0n) is 17.1. The van der Waals surface area contributed by atoms with Gasteiger partial charge in [0, 0.05) is 24.8 Å². The van der Waals surface area contributed by atoms with Crippen LogP contribution in [-0.2, 0) is 11.3 Å². The lowest BCUT2D eigenvalue weighted by molar-refractivity contribution is -0.137. The van der Waals surface area contributed by atoms with E-state index in [4.69, 9.17) is 10.00 Å². The number of likely N-dealkylation sites (N-methyl/N-ethyl adjacent to an activating group) is 1. The molecule has 148 valence electrons. The minimum absolute atomic E-state index is 0.124. The molecule has 0 radical (unpaired) electrons. The van der Waals surface area contributed by atoms with Gasteiger partial charge in [-0.15, -0.1) is 0 Å². The summed E-state index contributed by atoms with van der Waals surface area (Å²) in [5, 5.41) is 13.5. The van der Waals surface area contributed by atoms with Crippen molar-refractivity contribution in [3.05, 3.63) is 77.1 Å². The van der Waals surface area contributed by atoms with Crippen molar-refractivity contribution in [2.75, 3.05) is 7.05 Å². The molecule has 0 saturated carbocycles. The van der Waals surface area contributed by atoms with Gasteiger partial charge in [-0.05, 0) is 57.2 Å². The molecule has 2 aromatic carbocycles. The van der Waals surface area contributed by atoms with E-state index < -0.39 is 6.10 Å². The quantitative estimate of drug-likeness (QED) is 0.644. The number of para-hydroxylation sites is 1. The molecule has 0 aliphatic rings. The highest BCUT2D eigenvalue weighted by atomic mass is 16.5. The Bertz CT molecular complexity index is 1030. The van der Waals surface area contributed by atoms with Gasteiger partial charge in [0.1, 0.15) is 5.75 Å². The molecule has 0 saturated heterocycles. The Morgan fingerprint density at radius 3 is 2.45 bits per heavy atom. The second kappa shape index (κ2) is 8.61. The van der Waals surface area contributed by atoms with Gasteiger partial charge in [-0.3, -0.25) is 4.79 Å². The van der Waals surface area contributed by atoms with Gasteiger partial charge in [-0.1, -0.05) is 18.2 Å². The van der Waals surface area contributed by atoms with Gasteiger partial charge in [-0.2, -0.15) is 10.4 Å². The summed E-state index contributed by atoms with van der Waals surface area (Å²) in [4.78, 5) is 14.4. The lowest BCUT2D eigenvalue weighted by Gasteiger charge is -2.22. The second-order valence-electron chi connectivity index (χ2n) is 6.99.